The van der Waals surface area contributed by atoms with Crippen LogP contribution in [0.15, 0.2) is 24.3 Å². The summed E-state index contributed by atoms with van der Waals surface area (Å²) in [7, 11) is 1.42. The first-order chi connectivity index (χ1) is 16.7. The Hall–Kier alpha value is -2.54. The molecule has 4 unspecified atom stereocenters. The van der Waals surface area contributed by atoms with Gasteiger partial charge >= 0.3 is 5.97 Å². The predicted octanol–water partition coefficient (Wildman–Crippen LogP) is -0.749. The Bertz CT molecular complexity index is 966. The predicted molar refractivity (Wildman–Crippen MR) is 121 cm³/mol. The topological polar surface area (TPSA) is 166 Å². The van der Waals surface area contributed by atoms with Crippen molar-refractivity contribution in [1.82, 2.24) is 4.90 Å². The van der Waals surface area contributed by atoms with Crippen LogP contribution in [0.5, 0.6) is 11.5 Å². The molecule has 11 nitrogen and oxygen atoms in total. The molecule has 4 aliphatic heterocycles. The number of aliphatic hydroxyl groups excluding tert-OH is 4. The molecule has 0 aliphatic carbocycles. The summed E-state index contributed by atoms with van der Waals surface area (Å²) < 4.78 is 16.4. The molecule has 4 fully saturated rings. The van der Waals surface area contributed by atoms with E-state index in [4.69, 9.17) is 14.2 Å². The number of piperidine rings is 3. The van der Waals surface area contributed by atoms with Crippen molar-refractivity contribution < 1.29 is 49.3 Å². The van der Waals surface area contributed by atoms with Crippen LogP contribution in [0, 0.1) is 11.8 Å². The lowest BCUT2D eigenvalue weighted by Crippen LogP contribution is -2.60. The minimum absolute atomic E-state index is 0.0517. The van der Waals surface area contributed by atoms with E-state index in [9.17, 15) is 35.1 Å². The van der Waals surface area contributed by atoms with E-state index in [0.717, 1.165) is 6.42 Å². The molecule has 5 N–H and O–H groups in total. The van der Waals surface area contributed by atoms with Crippen LogP contribution in [0.4, 0.5) is 0 Å². The minimum Gasteiger partial charge on any atom is -0.493 e. The molecule has 0 saturated carbocycles. The van der Waals surface area contributed by atoms with Crippen LogP contribution in [-0.4, -0.2) is 106 Å². The Morgan fingerprint density at radius 3 is 2.57 bits per heavy atom. The van der Waals surface area contributed by atoms with E-state index in [1.54, 1.807) is 24.3 Å². The van der Waals surface area contributed by atoms with Gasteiger partial charge in [0.2, 0.25) is 6.29 Å². The van der Waals surface area contributed by atoms with E-state index in [1.807, 2.05) is 4.90 Å². The Morgan fingerprint density at radius 2 is 1.94 bits per heavy atom. The Kier molecular flexibility index (Phi) is 7.74. The van der Waals surface area contributed by atoms with E-state index >= 15 is 0 Å². The van der Waals surface area contributed by atoms with Crippen molar-refractivity contribution in [3.05, 3.63) is 29.8 Å². The van der Waals surface area contributed by atoms with E-state index in [0.29, 0.717) is 25.1 Å². The maximum absolute atomic E-state index is 12.8. The van der Waals surface area contributed by atoms with E-state index in [-0.39, 0.29) is 29.1 Å². The fraction of sp³-hybridized carbons (Fsp3) is 0.583. The van der Waals surface area contributed by atoms with Gasteiger partial charge in [0, 0.05) is 12.5 Å². The van der Waals surface area contributed by atoms with Gasteiger partial charge in [-0.1, -0.05) is 12.1 Å². The zero-order valence-corrected chi connectivity index (χ0v) is 19.3. The molecule has 1 aromatic carbocycles. The quantitative estimate of drug-likeness (QED) is 0.289. The maximum atomic E-state index is 12.8. The average Bonchev–Trinajstić information content (AvgIpc) is 2.88. The molecule has 0 radical (unpaired) electrons. The maximum Gasteiger partial charge on any atom is 0.320 e. The summed E-state index contributed by atoms with van der Waals surface area (Å²) in [5.74, 6) is -0.590. The van der Waals surface area contributed by atoms with Gasteiger partial charge in [-0.15, -0.1) is 0 Å². The molecule has 0 aromatic heterocycles. The number of ketones is 1. The second-order valence-electron chi connectivity index (χ2n) is 9.20. The number of carbonyl (C=O) groups is 2. The standard InChI is InChI=1S/C24H31NO10/c1-33-18-8-12(2-4-16(27)14-10-25-7-6-13(14)9-15(25)23(31)32)3-5-17(18)34-24-22(30)21(29)20(28)19(11-26)35-24/h2-5,8,13-15,19-22,24,26,28-30H,6-7,9-11H2,1H3,(H,31,32)/b4-2+/t13?,14?,15?,19-,20-,21+,22-,24-/m1/s1. The summed E-state index contributed by atoms with van der Waals surface area (Å²) >= 11 is 0. The monoisotopic (exact) mass is 493 g/mol. The molecule has 35 heavy (non-hydrogen) atoms. The van der Waals surface area contributed by atoms with E-state index < -0.39 is 49.3 Å². The number of allylic oxidation sites excluding steroid dienone is 1. The smallest absolute Gasteiger partial charge is 0.320 e. The first-order valence-electron chi connectivity index (χ1n) is 11.6. The molecule has 0 amide bonds. The number of rotatable bonds is 8. The molecule has 9 atom stereocenters. The largest absolute Gasteiger partial charge is 0.493 e. The van der Waals surface area contributed by atoms with Crippen LogP contribution >= 0.6 is 0 Å². The number of nitrogens with zero attached hydrogens (tertiary/aromatic N) is 1. The summed E-state index contributed by atoms with van der Waals surface area (Å²) in [5.41, 5.74) is 0.654. The lowest BCUT2D eigenvalue weighted by atomic mass is 9.73. The number of carbonyl (C=O) groups excluding carboxylic acids is 1. The van der Waals surface area contributed by atoms with E-state index in [1.165, 1.54) is 13.2 Å². The fourth-order valence-corrected chi connectivity index (χ4v) is 5.08. The van der Waals surface area contributed by atoms with Crippen molar-refractivity contribution in [2.24, 2.45) is 11.8 Å². The van der Waals surface area contributed by atoms with Gasteiger partial charge in [0.05, 0.1) is 13.7 Å². The van der Waals surface area contributed by atoms with Crippen molar-refractivity contribution in [3.63, 3.8) is 0 Å². The zero-order valence-electron chi connectivity index (χ0n) is 19.3. The van der Waals surface area contributed by atoms with Gasteiger partial charge in [-0.25, -0.2) is 0 Å². The second kappa shape index (κ2) is 10.6. The SMILES string of the molecule is COc1cc(/C=C/C(=O)C2CN3CCC2CC3C(=O)O)ccc1O[C@@H]1O[C@H](CO)[C@@H](O)[C@H](O)[C@H]1O. The summed E-state index contributed by atoms with van der Waals surface area (Å²) in [6.45, 7) is 0.568. The number of carboxylic acids is 1. The van der Waals surface area contributed by atoms with Crippen molar-refractivity contribution in [2.45, 2.75) is 49.6 Å². The number of hydrogen-bond donors (Lipinski definition) is 5. The fourth-order valence-electron chi connectivity index (χ4n) is 5.08. The average molecular weight is 494 g/mol. The number of methoxy groups -OCH3 is 1. The zero-order chi connectivity index (χ0) is 25.3. The number of ether oxygens (including phenoxy) is 3. The van der Waals surface area contributed by atoms with Gasteiger partial charge in [-0.3, -0.25) is 14.5 Å². The van der Waals surface area contributed by atoms with E-state index in [2.05, 4.69) is 0 Å². The molecular formula is C24H31NO10. The van der Waals surface area contributed by atoms with Crippen LogP contribution in [0.1, 0.15) is 18.4 Å². The number of aliphatic carboxylic acids is 1. The van der Waals surface area contributed by atoms with Gasteiger partial charge in [0.1, 0.15) is 30.5 Å². The van der Waals surface area contributed by atoms with Gasteiger partial charge in [-0.2, -0.15) is 0 Å². The molecule has 4 aliphatic rings. The molecule has 4 heterocycles. The Morgan fingerprint density at radius 1 is 1.17 bits per heavy atom. The van der Waals surface area contributed by atoms with Crippen LogP contribution in [0.2, 0.25) is 0 Å². The third-order valence-electron chi connectivity index (χ3n) is 7.12. The van der Waals surface area contributed by atoms with Crippen LogP contribution in [0.3, 0.4) is 0 Å². The number of benzene rings is 1. The molecule has 192 valence electrons. The third kappa shape index (κ3) is 5.20. The lowest BCUT2D eigenvalue weighted by molar-refractivity contribution is -0.277. The Balaban J connectivity index is 1.42. The van der Waals surface area contributed by atoms with Crippen molar-refractivity contribution in [3.8, 4) is 11.5 Å². The van der Waals surface area contributed by atoms with Gasteiger partial charge in [0.25, 0.3) is 0 Å². The molecular weight excluding hydrogens is 462 g/mol. The number of fused-ring (bicyclic) bond motifs is 3. The van der Waals surface area contributed by atoms with Gasteiger partial charge < -0.3 is 39.7 Å². The molecule has 4 saturated heterocycles. The lowest BCUT2D eigenvalue weighted by Gasteiger charge is -2.47. The number of carboxylic acid groups (broad SMARTS) is 1. The molecule has 2 bridgehead atoms. The summed E-state index contributed by atoms with van der Waals surface area (Å²) in [6, 6.07) is 4.33. The van der Waals surface area contributed by atoms with Crippen LogP contribution in [0.25, 0.3) is 6.08 Å². The van der Waals surface area contributed by atoms with Gasteiger partial charge in [0.15, 0.2) is 17.3 Å². The first kappa shape index (κ1) is 25.5. The Labute approximate surface area is 202 Å². The molecule has 0 spiro atoms. The highest BCUT2D eigenvalue weighted by molar-refractivity contribution is 5.96. The number of hydrogen-bond acceptors (Lipinski definition) is 10. The molecule has 11 heteroatoms. The minimum atomic E-state index is -1.57. The van der Waals surface area contributed by atoms with Crippen LogP contribution in [-0.2, 0) is 14.3 Å². The highest BCUT2D eigenvalue weighted by Gasteiger charge is 2.46. The third-order valence-corrected chi connectivity index (χ3v) is 7.12. The molecule has 5 rings (SSSR count). The normalized spacial score (nSPS) is 36.8. The highest BCUT2D eigenvalue weighted by atomic mass is 16.7. The van der Waals surface area contributed by atoms with Crippen molar-refractivity contribution in [1.29, 1.82) is 0 Å². The first-order valence-corrected chi connectivity index (χ1v) is 11.6. The summed E-state index contributed by atoms with van der Waals surface area (Å²) in [4.78, 5) is 26.1. The summed E-state index contributed by atoms with van der Waals surface area (Å²) in [6.07, 6.45) is -2.64. The number of aliphatic hydroxyl groups is 4. The summed E-state index contributed by atoms with van der Waals surface area (Å²) in [5, 5.41) is 48.7. The van der Waals surface area contributed by atoms with Crippen molar-refractivity contribution in [2.75, 3.05) is 26.8 Å². The van der Waals surface area contributed by atoms with Crippen LogP contribution < -0.4 is 9.47 Å². The second-order valence-corrected chi connectivity index (χ2v) is 9.20. The molecule has 1 aromatic rings. The van der Waals surface area contributed by atoms with Gasteiger partial charge in [-0.05, 0) is 49.1 Å². The highest BCUT2D eigenvalue weighted by Crippen LogP contribution is 2.37. The van der Waals surface area contributed by atoms with Crippen molar-refractivity contribution >= 4 is 17.8 Å².